The van der Waals surface area contributed by atoms with Gasteiger partial charge in [-0.15, -0.1) is 0 Å². The summed E-state index contributed by atoms with van der Waals surface area (Å²) in [5.41, 5.74) is 0. The third-order valence-corrected chi connectivity index (χ3v) is 4.12. The Morgan fingerprint density at radius 1 is 0.826 bits per heavy atom. The van der Waals surface area contributed by atoms with Crippen molar-refractivity contribution in [2.45, 2.75) is 90.3 Å². The van der Waals surface area contributed by atoms with Crippen LogP contribution in [0, 0.1) is 0 Å². The van der Waals surface area contributed by atoms with Gasteiger partial charge in [0, 0.05) is 20.3 Å². The summed E-state index contributed by atoms with van der Waals surface area (Å²) in [4.78, 5) is 0. The van der Waals surface area contributed by atoms with Gasteiger partial charge in [0.15, 0.2) is 6.29 Å². The van der Waals surface area contributed by atoms with Crippen LogP contribution in [-0.4, -0.2) is 44.8 Å². The predicted octanol–water partition coefficient (Wildman–Crippen LogP) is 4.26. The first kappa shape index (κ1) is 22.8. The highest BCUT2D eigenvalue weighted by Gasteiger charge is 2.06. The molecule has 0 fully saturated rings. The normalized spacial score (nSPS) is 12.7. The van der Waals surface area contributed by atoms with Crippen molar-refractivity contribution < 1.29 is 14.6 Å². The van der Waals surface area contributed by atoms with Crippen LogP contribution >= 0.6 is 0 Å². The molecule has 1 atom stereocenters. The summed E-state index contributed by atoms with van der Waals surface area (Å²) in [7, 11) is 1.74. The number of nitrogens with one attached hydrogen (secondary N) is 1. The number of methoxy groups -OCH3 is 1. The molecule has 0 saturated heterocycles. The highest BCUT2D eigenvalue weighted by Crippen LogP contribution is 2.10. The average Bonchev–Trinajstić information content (AvgIpc) is 2.57. The molecule has 0 aliphatic rings. The SMILES string of the molecule is CCCCCCCCOC(CCCCCNCCCCO)OC. The summed E-state index contributed by atoms with van der Waals surface area (Å²) in [5.74, 6) is 0. The van der Waals surface area contributed by atoms with E-state index in [9.17, 15) is 0 Å². The maximum absolute atomic E-state index is 8.69. The zero-order valence-electron chi connectivity index (χ0n) is 15.7. The first-order valence-electron chi connectivity index (χ1n) is 9.81. The zero-order chi connectivity index (χ0) is 17.0. The molecule has 2 N–H and O–H groups in total. The predicted molar refractivity (Wildman–Crippen MR) is 97.8 cm³/mol. The van der Waals surface area contributed by atoms with Gasteiger partial charge >= 0.3 is 0 Å². The molecule has 0 aliphatic carbocycles. The quantitative estimate of drug-likeness (QED) is 0.274. The molecule has 4 heteroatoms. The van der Waals surface area contributed by atoms with Crippen molar-refractivity contribution in [2.24, 2.45) is 0 Å². The van der Waals surface area contributed by atoms with E-state index in [1.165, 1.54) is 44.9 Å². The minimum absolute atomic E-state index is 0.0249. The van der Waals surface area contributed by atoms with Crippen molar-refractivity contribution in [3.63, 3.8) is 0 Å². The van der Waals surface area contributed by atoms with Crippen LogP contribution in [-0.2, 0) is 9.47 Å². The summed E-state index contributed by atoms with van der Waals surface area (Å²) >= 11 is 0. The number of unbranched alkanes of at least 4 members (excludes halogenated alkanes) is 8. The van der Waals surface area contributed by atoms with Crippen LogP contribution in [0.4, 0.5) is 0 Å². The monoisotopic (exact) mass is 331 g/mol. The molecule has 0 rings (SSSR count). The summed E-state index contributed by atoms with van der Waals surface area (Å²) in [5, 5.41) is 12.1. The third kappa shape index (κ3) is 18.0. The number of hydrogen-bond acceptors (Lipinski definition) is 4. The van der Waals surface area contributed by atoms with Gasteiger partial charge in [0.2, 0.25) is 0 Å². The van der Waals surface area contributed by atoms with E-state index < -0.39 is 0 Å². The second-order valence-electron chi connectivity index (χ2n) is 6.33. The van der Waals surface area contributed by atoms with Gasteiger partial charge in [-0.25, -0.2) is 0 Å². The van der Waals surface area contributed by atoms with Crippen molar-refractivity contribution in [2.75, 3.05) is 33.4 Å². The average molecular weight is 332 g/mol. The van der Waals surface area contributed by atoms with Crippen LogP contribution in [0.25, 0.3) is 0 Å². The van der Waals surface area contributed by atoms with Gasteiger partial charge in [-0.05, 0) is 51.6 Å². The van der Waals surface area contributed by atoms with Gasteiger partial charge in [-0.3, -0.25) is 0 Å². The van der Waals surface area contributed by atoms with Crippen LogP contribution in [0.3, 0.4) is 0 Å². The van der Waals surface area contributed by atoms with Crippen molar-refractivity contribution in [3.05, 3.63) is 0 Å². The Balaban J connectivity index is 3.28. The minimum Gasteiger partial charge on any atom is -0.396 e. The van der Waals surface area contributed by atoms with Gasteiger partial charge in [-0.1, -0.05) is 45.4 Å². The molecule has 0 aromatic carbocycles. The lowest BCUT2D eigenvalue weighted by atomic mass is 10.1. The number of rotatable bonds is 19. The lowest BCUT2D eigenvalue weighted by Crippen LogP contribution is -2.18. The summed E-state index contributed by atoms with van der Waals surface area (Å²) < 4.78 is 11.2. The van der Waals surface area contributed by atoms with Gasteiger partial charge in [0.05, 0.1) is 0 Å². The first-order valence-corrected chi connectivity index (χ1v) is 9.81. The molecule has 0 aromatic rings. The zero-order valence-corrected chi connectivity index (χ0v) is 15.7. The summed E-state index contributed by atoms with van der Waals surface area (Å²) in [6.45, 7) is 5.47. The van der Waals surface area contributed by atoms with E-state index in [-0.39, 0.29) is 6.29 Å². The van der Waals surface area contributed by atoms with E-state index in [0.29, 0.717) is 6.61 Å². The molecule has 1 unspecified atom stereocenters. The molecule has 0 spiro atoms. The van der Waals surface area contributed by atoms with Crippen LogP contribution in [0.5, 0.6) is 0 Å². The molecule has 0 heterocycles. The number of aliphatic hydroxyl groups is 1. The van der Waals surface area contributed by atoms with Gasteiger partial charge < -0.3 is 19.9 Å². The molecule has 140 valence electrons. The van der Waals surface area contributed by atoms with E-state index in [1.54, 1.807) is 7.11 Å². The van der Waals surface area contributed by atoms with E-state index in [2.05, 4.69) is 12.2 Å². The van der Waals surface area contributed by atoms with E-state index in [1.807, 2.05) is 0 Å². The fraction of sp³-hybridized carbons (Fsp3) is 1.00. The fourth-order valence-corrected chi connectivity index (χ4v) is 2.59. The molecule has 0 aliphatic heterocycles. The number of hydrogen-bond donors (Lipinski definition) is 2. The fourth-order valence-electron chi connectivity index (χ4n) is 2.59. The maximum atomic E-state index is 8.69. The van der Waals surface area contributed by atoms with Crippen molar-refractivity contribution in [1.82, 2.24) is 5.32 Å². The highest BCUT2D eigenvalue weighted by atomic mass is 16.7. The molecule has 23 heavy (non-hydrogen) atoms. The molecule has 4 nitrogen and oxygen atoms in total. The van der Waals surface area contributed by atoms with Gasteiger partial charge in [0.25, 0.3) is 0 Å². The molecule has 0 saturated carbocycles. The van der Waals surface area contributed by atoms with Crippen LogP contribution in [0.1, 0.15) is 84.0 Å². The first-order chi connectivity index (χ1) is 11.3. The molecule has 0 bridgehead atoms. The van der Waals surface area contributed by atoms with Crippen LogP contribution in [0.15, 0.2) is 0 Å². The largest absolute Gasteiger partial charge is 0.396 e. The Morgan fingerprint density at radius 2 is 1.48 bits per heavy atom. The topological polar surface area (TPSA) is 50.7 Å². The lowest BCUT2D eigenvalue weighted by Gasteiger charge is -2.16. The van der Waals surface area contributed by atoms with E-state index in [4.69, 9.17) is 14.6 Å². The summed E-state index contributed by atoms with van der Waals surface area (Å²) in [6.07, 6.45) is 14.3. The number of aliphatic hydroxyl groups excluding tert-OH is 1. The van der Waals surface area contributed by atoms with Crippen LogP contribution in [0.2, 0.25) is 0 Å². The maximum Gasteiger partial charge on any atom is 0.157 e. The van der Waals surface area contributed by atoms with Crippen LogP contribution < -0.4 is 5.32 Å². The Hall–Kier alpha value is -0.160. The molecule has 0 radical (unpaired) electrons. The lowest BCUT2D eigenvalue weighted by molar-refractivity contribution is -0.128. The second-order valence-corrected chi connectivity index (χ2v) is 6.33. The van der Waals surface area contributed by atoms with E-state index in [0.717, 1.165) is 51.8 Å². The highest BCUT2D eigenvalue weighted by molar-refractivity contribution is 4.52. The Labute approximate surface area is 144 Å². The smallest absolute Gasteiger partial charge is 0.157 e. The molecular weight excluding hydrogens is 290 g/mol. The summed E-state index contributed by atoms with van der Waals surface area (Å²) in [6, 6.07) is 0. The standard InChI is InChI=1S/C19H41NO3/c1-3-4-5-6-7-13-18-23-19(22-2)14-9-8-10-15-20-16-11-12-17-21/h19-21H,3-18H2,1-2H3. The van der Waals surface area contributed by atoms with Gasteiger partial charge in [-0.2, -0.15) is 0 Å². The third-order valence-electron chi connectivity index (χ3n) is 4.12. The Morgan fingerprint density at radius 3 is 2.17 bits per heavy atom. The van der Waals surface area contributed by atoms with Crippen molar-refractivity contribution in [3.8, 4) is 0 Å². The van der Waals surface area contributed by atoms with Gasteiger partial charge in [0.1, 0.15) is 0 Å². The minimum atomic E-state index is -0.0249. The molecule has 0 aromatic heterocycles. The second kappa shape index (κ2) is 19.9. The van der Waals surface area contributed by atoms with E-state index >= 15 is 0 Å². The number of ether oxygens (including phenoxy) is 2. The van der Waals surface area contributed by atoms with Crippen molar-refractivity contribution in [1.29, 1.82) is 0 Å². The Bertz CT molecular complexity index is 215. The molecular formula is C19H41NO3. The molecule has 0 amide bonds. The Kier molecular flexibility index (Phi) is 19.7. The van der Waals surface area contributed by atoms with Crippen molar-refractivity contribution >= 4 is 0 Å².